The number of carbonyl (C=O) groups excluding carboxylic acids is 2. The lowest BCUT2D eigenvalue weighted by atomic mass is 9.53. The van der Waals surface area contributed by atoms with Crippen LogP contribution in [0.5, 0.6) is 0 Å². The zero-order chi connectivity index (χ0) is 14.0. The molecule has 0 aromatic rings. The van der Waals surface area contributed by atoms with Crippen molar-refractivity contribution in [3.63, 3.8) is 0 Å². The third-order valence-corrected chi connectivity index (χ3v) is 5.10. The normalized spacial score (nSPS) is 48.8. The SMILES string of the molecule is C=C1C(=O)O[C@H]2[C@@H]3[C@@](C)(CC[C@@H]12)C(=O)C=C[C@@]3(C)O. The lowest BCUT2D eigenvalue weighted by Crippen LogP contribution is -2.59. The Kier molecular flexibility index (Phi) is 2.37. The third kappa shape index (κ3) is 1.49. The second kappa shape index (κ2) is 3.57. The molecule has 19 heavy (non-hydrogen) atoms. The summed E-state index contributed by atoms with van der Waals surface area (Å²) in [5.74, 6) is -0.858. The molecule has 2 fully saturated rings. The predicted octanol–water partition coefficient (Wildman–Crippen LogP) is 1.39. The number of carbonyl (C=O) groups is 2. The quantitative estimate of drug-likeness (QED) is 0.529. The van der Waals surface area contributed by atoms with Crippen molar-refractivity contribution in [1.82, 2.24) is 0 Å². The molecule has 2 aliphatic carbocycles. The van der Waals surface area contributed by atoms with Crippen molar-refractivity contribution < 1.29 is 19.4 Å². The molecule has 0 spiro atoms. The van der Waals surface area contributed by atoms with Gasteiger partial charge in [0.25, 0.3) is 0 Å². The topological polar surface area (TPSA) is 63.6 Å². The predicted molar refractivity (Wildman–Crippen MR) is 68.1 cm³/mol. The molecule has 0 radical (unpaired) electrons. The van der Waals surface area contributed by atoms with Gasteiger partial charge in [-0.3, -0.25) is 4.79 Å². The Balaban J connectivity index is 2.10. The first-order valence-corrected chi connectivity index (χ1v) is 6.63. The number of aliphatic hydroxyl groups is 1. The van der Waals surface area contributed by atoms with E-state index >= 15 is 0 Å². The van der Waals surface area contributed by atoms with E-state index in [0.29, 0.717) is 18.4 Å². The van der Waals surface area contributed by atoms with Crippen LogP contribution in [0, 0.1) is 17.3 Å². The summed E-state index contributed by atoms with van der Waals surface area (Å²) in [7, 11) is 0. The van der Waals surface area contributed by atoms with Crippen molar-refractivity contribution in [1.29, 1.82) is 0 Å². The Morgan fingerprint density at radius 1 is 1.42 bits per heavy atom. The van der Waals surface area contributed by atoms with Gasteiger partial charge in [-0.15, -0.1) is 0 Å². The third-order valence-electron chi connectivity index (χ3n) is 5.10. The Hall–Kier alpha value is -1.42. The van der Waals surface area contributed by atoms with Crippen LogP contribution in [0.2, 0.25) is 0 Å². The number of ether oxygens (including phenoxy) is 1. The van der Waals surface area contributed by atoms with Crippen molar-refractivity contribution in [3.05, 3.63) is 24.3 Å². The van der Waals surface area contributed by atoms with E-state index in [4.69, 9.17) is 4.74 Å². The van der Waals surface area contributed by atoms with Crippen LogP contribution in [0.15, 0.2) is 24.3 Å². The largest absolute Gasteiger partial charge is 0.458 e. The standard InChI is InChI=1S/C15H18O4/c1-8-9-4-6-14(2)10(16)5-7-15(3,18)12(14)11(9)19-13(8)17/h5,7,9,11-12,18H,1,4,6H2,2-3H3/t9-,11+,12+,14-,15+/m0/s1. The lowest BCUT2D eigenvalue weighted by Gasteiger charge is -2.51. The molecular formula is C15H18O4. The fraction of sp³-hybridized carbons (Fsp3) is 0.600. The summed E-state index contributed by atoms with van der Waals surface area (Å²) >= 11 is 0. The van der Waals surface area contributed by atoms with Crippen molar-refractivity contribution in [2.75, 3.05) is 0 Å². The molecule has 1 saturated carbocycles. The van der Waals surface area contributed by atoms with Crippen LogP contribution in [0.4, 0.5) is 0 Å². The Morgan fingerprint density at radius 3 is 2.79 bits per heavy atom. The summed E-state index contributed by atoms with van der Waals surface area (Å²) in [4.78, 5) is 23.9. The number of esters is 1. The molecule has 4 heteroatoms. The van der Waals surface area contributed by atoms with E-state index in [1.165, 1.54) is 12.2 Å². The Bertz CT molecular complexity index is 516. The van der Waals surface area contributed by atoms with E-state index in [0.717, 1.165) is 0 Å². The van der Waals surface area contributed by atoms with Gasteiger partial charge in [-0.25, -0.2) is 4.79 Å². The van der Waals surface area contributed by atoms with Gasteiger partial charge in [0.15, 0.2) is 5.78 Å². The number of rotatable bonds is 0. The van der Waals surface area contributed by atoms with Crippen LogP contribution in [-0.4, -0.2) is 28.6 Å². The summed E-state index contributed by atoms with van der Waals surface area (Å²) in [6.07, 6.45) is 3.90. The molecule has 1 heterocycles. The summed E-state index contributed by atoms with van der Waals surface area (Å²) in [5.41, 5.74) is -1.33. The van der Waals surface area contributed by atoms with Gasteiger partial charge in [-0.1, -0.05) is 13.5 Å². The van der Waals surface area contributed by atoms with Crippen molar-refractivity contribution >= 4 is 11.8 Å². The number of allylic oxidation sites excluding steroid dienone is 1. The van der Waals surface area contributed by atoms with E-state index < -0.39 is 29.0 Å². The molecule has 0 aromatic heterocycles. The molecule has 0 bridgehead atoms. The molecule has 0 unspecified atom stereocenters. The molecule has 4 nitrogen and oxygen atoms in total. The minimum Gasteiger partial charge on any atom is -0.458 e. The highest BCUT2D eigenvalue weighted by Crippen LogP contribution is 2.55. The number of ketones is 1. The number of hydrogen-bond donors (Lipinski definition) is 1. The van der Waals surface area contributed by atoms with Crippen molar-refractivity contribution in [2.24, 2.45) is 17.3 Å². The number of hydrogen-bond acceptors (Lipinski definition) is 4. The smallest absolute Gasteiger partial charge is 0.334 e. The second-order valence-electron chi connectivity index (χ2n) is 6.36. The van der Waals surface area contributed by atoms with Crippen LogP contribution in [0.3, 0.4) is 0 Å². The maximum atomic E-state index is 12.2. The van der Waals surface area contributed by atoms with Crippen LogP contribution >= 0.6 is 0 Å². The molecule has 5 atom stereocenters. The molecule has 102 valence electrons. The van der Waals surface area contributed by atoms with Crippen LogP contribution in [0.25, 0.3) is 0 Å². The van der Waals surface area contributed by atoms with Gasteiger partial charge in [-0.05, 0) is 31.9 Å². The highest BCUT2D eigenvalue weighted by molar-refractivity contribution is 5.97. The summed E-state index contributed by atoms with van der Waals surface area (Å²) in [6, 6.07) is 0. The first kappa shape index (κ1) is 12.6. The molecule has 3 rings (SSSR count). The maximum absolute atomic E-state index is 12.2. The monoisotopic (exact) mass is 262 g/mol. The van der Waals surface area contributed by atoms with Crippen LogP contribution < -0.4 is 0 Å². The van der Waals surface area contributed by atoms with E-state index in [1.54, 1.807) is 6.92 Å². The zero-order valence-electron chi connectivity index (χ0n) is 11.2. The molecule has 0 amide bonds. The maximum Gasteiger partial charge on any atom is 0.334 e. The van der Waals surface area contributed by atoms with Gasteiger partial charge in [0, 0.05) is 22.8 Å². The fourth-order valence-electron chi connectivity index (χ4n) is 4.04. The minimum absolute atomic E-state index is 0.0102. The van der Waals surface area contributed by atoms with Crippen LogP contribution in [-0.2, 0) is 14.3 Å². The van der Waals surface area contributed by atoms with Gasteiger partial charge in [-0.2, -0.15) is 0 Å². The van der Waals surface area contributed by atoms with E-state index in [2.05, 4.69) is 6.58 Å². The Morgan fingerprint density at radius 2 is 2.11 bits per heavy atom. The summed E-state index contributed by atoms with van der Waals surface area (Å²) in [5, 5.41) is 10.6. The summed E-state index contributed by atoms with van der Waals surface area (Å²) < 4.78 is 5.41. The minimum atomic E-state index is -1.14. The summed E-state index contributed by atoms with van der Waals surface area (Å²) in [6.45, 7) is 7.33. The van der Waals surface area contributed by atoms with Crippen LogP contribution in [0.1, 0.15) is 26.7 Å². The molecule has 1 saturated heterocycles. The van der Waals surface area contributed by atoms with Crippen molar-refractivity contribution in [3.8, 4) is 0 Å². The van der Waals surface area contributed by atoms with E-state index in [1.807, 2.05) is 6.92 Å². The zero-order valence-corrected chi connectivity index (χ0v) is 11.2. The van der Waals surface area contributed by atoms with Crippen molar-refractivity contribution in [2.45, 2.75) is 38.4 Å². The van der Waals surface area contributed by atoms with E-state index in [9.17, 15) is 14.7 Å². The van der Waals surface area contributed by atoms with Gasteiger partial charge < -0.3 is 9.84 Å². The van der Waals surface area contributed by atoms with Gasteiger partial charge >= 0.3 is 5.97 Å². The molecule has 0 aromatic carbocycles. The molecule has 3 aliphatic rings. The van der Waals surface area contributed by atoms with Gasteiger partial charge in [0.1, 0.15) is 6.10 Å². The lowest BCUT2D eigenvalue weighted by molar-refractivity contribution is -0.167. The second-order valence-corrected chi connectivity index (χ2v) is 6.36. The fourth-order valence-corrected chi connectivity index (χ4v) is 4.04. The van der Waals surface area contributed by atoms with E-state index in [-0.39, 0.29) is 11.7 Å². The highest BCUT2D eigenvalue weighted by atomic mass is 16.6. The Labute approximate surface area is 112 Å². The highest BCUT2D eigenvalue weighted by Gasteiger charge is 2.62. The molecule has 1 aliphatic heterocycles. The average molecular weight is 262 g/mol. The molecule has 1 N–H and O–H groups in total. The average Bonchev–Trinajstić information content (AvgIpc) is 2.60. The number of fused-ring (bicyclic) bond motifs is 3. The van der Waals surface area contributed by atoms with Gasteiger partial charge in [0.2, 0.25) is 0 Å². The van der Waals surface area contributed by atoms with Gasteiger partial charge in [0.05, 0.1) is 5.60 Å². The first-order chi connectivity index (χ1) is 8.77. The molecular weight excluding hydrogens is 244 g/mol. The first-order valence-electron chi connectivity index (χ1n) is 6.63.